The summed E-state index contributed by atoms with van der Waals surface area (Å²) < 4.78 is 63.0. The number of pyridine rings is 1. The Morgan fingerprint density at radius 2 is 1.86 bits per heavy atom. The molecular weight excluding hydrogens is 233 g/mol. The third-order valence-electron chi connectivity index (χ3n) is 1.08. The molecule has 0 bridgehead atoms. The Morgan fingerprint density at radius 3 is 2.36 bits per heavy atom. The summed E-state index contributed by atoms with van der Waals surface area (Å²) in [5.74, 6) is -4.95. The van der Waals surface area contributed by atoms with Crippen LogP contribution in [0.4, 0.5) is 22.0 Å². The highest BCUT2D eigenvalue weighted by molar-refractivity contribution is 6.29. The molecule has 0 amide bonds. The van der Waals surface area contributed by atoms with Crippen LogP contribution in [0.5, 0.6) is 5.75 Å². The topological polar surface area (TPSA) is 22.1 Å². The molecule has 0 aliphatic rings. The molecule has 8 heteroatoms. The van der Waals surface area contributed by atoms with Gasteiger partial charge >= 0.3 is 6.36 Å². The van der Waals surface area contributed by atoms with Crippen molar-refractivity contribution in [2.75, 3.05) is 0 Å². The van der Waals surface area contributed by atoms with E-state index in [0.29, 0.717) is 6.07 Å². The smallest absolute Gasteiger partial charge is 0.402 e. The third kappa shape index (κ3) is 2.69. The number of alkyl halides is 3. The summed E-state index contributed by atoms with van der Waals surface area (Å²) in [6.45, 7) is 0. The highest BCUT2D eigenvalue weighted by Gasteiger charge is 2.33. The van der Waals surface area contributed by atoms with E-state index in [9.17, 15) is 22.0 Å². The first kappa shape index (κ1) is 11.0. The molecule has 0 aliphatic carbocycles. The lowest BCUT2D eigenvalue weighted by Crippen LogP contribution is -2.18. The summed E-state index contributed by atoms with van der Waals surface area (Å²) in [6, 6.07) is 0.424. The average molecular weight is 234 g/mol. The zero-order valence-corrected chi connectivity index (χ0v) is 6.96. The van der Waals surface area contributed by atoms with Gasteiger partial charge in [0.2, 0.25) is 5.82 Å². The van der Waals surface area contributed by atoms with Crippen LogP contribution < -0.4 is 4.74 Å². The lowest BCUT2D eigenvalue weighted by atomic mass is 10.4. The van der Waals surface area contributed by atoms with E-state index >= 15 is 0 Å². The third-order valence-corrected chi connectivity index (χ3v) is 1.27. The molecule has 1 heterocycles. The van der Waals surface area contributed by atoms with Crippen LogP contribution in [-0.4, -0.2) is 11.3 Å². The van der Waals surface area contributed by atoms with E-state index in [0.717, 1.165) is 0 Å². The number of hydrogen-bond acceptors (Lipinski definition) is 2. The molecule has 0 saturated heterocycles. The van der Waals surface area contributed by atoms with Gasteiger partial charge in [-0.15, -0.1) is 13.2 Å². The van der Waals surface area contributed by atoms with E-state index in [-0.39, 0.29) is 0 Å². The number of aromatic nitrogens is 1. The summed E-state index contributed by atoms with van der Waals surface area (Å²) in [7, 11) is 0. The van der Waals surface area contributed by atoms with Crippen LogP contribution in [0.1, 0.15) is 0 Å². The zero-order chi connectivity index (χ0) is 10.9. The summed E-state index contributed by atoms with van der Waals surface area (Å²) in [4.78, 5) is 2.74. The highest BCUT2D eigenvalue weighted by Crippen LogP contribution is 2.28. The summed E-state index contributed by atoms with van der Waals surface area (Å²) in [5, 5.41) is -0.636. The fourth-order valence-electron chi connectivity index (χ4n) is 0.647. The predicted octanol–water partition coefficient (Wildman–Crippen LogP) is 2.91. The van der Waals surface area contributed by atoms with Gasteiger partial charge in [-0.25, -0.2) is 4.98 Å². The minimum Gasteiger partial charge on any atom is -0.402 e. The lowest BCUT2D eigenvalue weighted by Gasteiger charge is -2.09. The standard InChI is InChI=1S/C6HClF5NO/c7-3-1-2(14-6(10,11)12)4(8)5(9)13-3/h1H. The number of nitrogens with zero attached hydrogens (tertiary/aromatic N) is 1. The number of rotatable bonds is 1. The summed E-state index contributed by atoms with van der Waals surface area (Å²) in [6.07, 6.45) is -5.11. The minimum atomic E-state index is -5.11. The Bertz CT molecular complexity index is 353. The van der Waals surface area contributed by atoms with Gasteiger partial charge in [0.05, 0.1) is 0 Å². The van der Waals surface area contributed by atoms with Crippen molar-refractivity contribution in [3.05, 3.63) is 23.0 Å². The molecule has 0 saturated carbocycles. The molecule has 0 atom stereocenters. The van der Waals surface area contributed by atoms with Crippen LogP contribution in [0.2, 0.25) is 5.15 Å². The molecule has 14 heavy (non-hydrogen) atoms. The molecule has 0 radical (unpaired) electrons. The van der Waals surface area contributed by atoms with E-state index in [1.807, 2.05) is 0 Å². The summed E-state index contributed by atoms with van der Waals surface area (Å²) >= 11 is 5.09. The molecule has 0 spiro atoms. The Kier molecular flexibility index (Phi) is 2.79. The normalized spacial score (nSPS) is 11.6. The van der Waals surface area contributed by atoms with Gasteiger partial charge in [0.15, 0.2) is 5.75 Å². The molecule has 78 valence electrons. The second kappa shape index (κ2) is 3.56. The number of halogens is 6. The van der Waals surface area contributed by atoms with Gasteiger partial charge in [-0.05, 0) is 0 Å². The van der Waals surface area contributed by atoms with Gasteiger partial charge in [0, 0.05) is 6.07 Å². The molecular formula is C6HClF5NO. The maximum Gasteiger partial charge on any atom is 0.573 e. The maximum absolute atomic E-state index is 12.6. The van der Waals surface area contributed by atoms with Gasteiger partial charge in [-0.3, -0.25) is 0 Å². The molecule has 0 N–H and O–H groups in total. The highest BCUT2D eigenvalue weighted by atomic mass is 35.5. The average Bonchev–Trinajstić information content (AvgIpc) is 1.96. The van der Waals surface area contributed by atoms with E-state index in [1.165, 1.54) is 0 Å². The van der Waals surface area contributed by atoms with Crippen molar-refractivity contribution in [3.8, 4) is 5.75 Å². The van der Waals surface area contributed by atoms with Crippen molar-refractivity contribution in [1.29, 1.82) is 0 Å². The first-order valence-electron chi connectivity index (χ1n) is 3.07. The van der Waals surface area contributed by atoms with Crippen molar-refractivity contribution in [2.45, 2.75) is 6.36 Å². The molecule has 1 aromatic rings. The molecule has 1 rings (SSSR count). The van der Waals surface area contributed by atoms with Gasteiger partial charge < -0.3 is 4.74 Å². The van der Waals surface area contributed by atoms with Crippen molar-refractivity contribution in [3.63, 3.8) is 0 Å². The summed E-state index contributed by atoms with van der Waals surface area (Å²) in [5.41, 5.74) is 0. The van der Waals surface area contributed by atoms with E-state index in [2.05, 4.69) is 9.72 Å². The van der Waals surface area contributed by atoms with Crippen LogP contribution in [0, 0.1) is 11.8 Å². The van der Waals surface area contributed by atoms with Crippen LogP contribution in [0.15, 0.2) is 6.07 Å². The SMILES string of the molecule is Fc1nc(Cl)cc(OC(F)(F)F)c1F. The van der Waals surface area contributed by atoms with Crippen LogP contribution in [-0.2, 0) is 0 Å². The van der Waals surface area contributed by atoms with Crippen molar-refractivity contribution < 1.29 is 26.7 Å². The Labute approximate surface area is 79.3 Å². The van der Waals surface area contributed by atoms with E-state index < -0.39 is 29.0 Å². The Balaban J connectivity index is 3.09. The minimum absolute atomic E-state index is 0.424. The monoisotopic (exact) mass is 233 g/mol. The number of ether oxygens (including phenoxy) is 1. The van der Waals surface area contributed by atoms with Gasteiger partial charge in [-0.2, -0.15) is 8.78 Å². The predicted molar refractivity (Wildman–Crippen MR) is 35.8 cm³/mol. The first-order valence-corrected chi connectivity index (χ1v) is 3.44. The van der Waals surface area contributed by atoms with E-state index in [1.54, 1.807) is 0 Å². The fraction of sp³-hybridized carbons (Fsp3) is 0.167. The zero-order valence-electron chi connectivity index (χ0n) is 6.20. The van der Waals surface area contributed by atoms with Crippen molar-refractivity contribution in [2.24, 2.45) is 0 Å². The molecule has 0 fully saturated rings. The van der Waals surface area contributed by atoms with Crippen molar-refractivity contribution in [1.82, 2.24) is 4.98 Å². The lowest BCUT2D eigenvalue weighted by molar-refractivity contribution is -0.275. The molecule has 0 aromatic carbocycles. The van der Waals surface area contributed by atoms with Gasteiger partial charge in [0.25, 0.3) is 5.95 Å². The van der Waals surface area contributed by atoms with E-state index in [4.69, 9.17) is 11.6 Å². The fourth-order valence-corrected chi connectivity index (χ4v) is 0.821. The molecule has 1 aromatic heterocycles. The maximum atomic E-state index is 12.6. The quantitative estimate of drug-likeness (QED) is 0.550. The molecule has 2 nitrogen and oxygen atoms in total. The largest absolute Gasteiger partial charge is 0.573 e. The second-order valence-corrected chi connectivity index (χ2v) is 2.48. The Hall–Kier alpha value is -1.11. The van der Waals surface area contributed by atoms with Gasteiger partial charge in [0.1, 0.15) is 5.15 Å². The molecule has 0 aliphatic heterocycles. The Morgan fingerprint density at radius 1 is 1.29 bits per heavy atom. The van der Waals surface area contributed by atoms with Crippen molar-refractivity contribution >= 4 is 11.6 Å². The van der Waals surface area contributed by atoms with Gasteiger partial charge in [-0.1, -0.05) is 11.6 Å². The first-order chi connectivity index (χ1) is 6.29. The van der Waals surface area contributed by atoms with Crippen LogP contribution in [0.25, 0.3) is 0 Å². The van der Waals surface area contributed by atoms with Crippen LogP contribution in [0.3, 0.4) is 0 Å². The number of hydrogen-bond donors (Lipinski definition) is 0. The second-order valence-electron chi connectivity index (χ2n) is 2.10. The van der Waals surface area contributed by atoms with Crippen LogP contribution >= 0.6 is 11.6 Å². The molecule has 0 unspecified atom stereocenters.